The van der Waals surface area contributed by atoms with E-state index >= 15 is 0 Å². The molecule has 0 aromatic carbocycles. The van der Waals surface area contributed by atoms with Crippen molar-refractivity contribution in [1.29, 1.82) is 0 Å². The van der Waals surface area contributed by atoms with Crippen LogP contribution in [0.4, 0.5) is 0 Å². The van der Waals surface area contributed by atoms with Crippen LogP contribution in [0.5, 0.6) is 0 Å². The lowest BCUT2D eigenvalue weighted by atomic mass is 9.91. The Balaban J connectivity index is 0. The third kappa shape index (κ3) is 14.7. The molecule has 0 spiro atoms. The number of carbonyl (C=O) groups excluding carboxylic acids is 1. The molecule has 0 radical (unpaired) electrons. The number of esters is 1. The van der Waals surface area contributed by atoms with Gasteiger partial charge in [0, 0.05) is 5.75 Å². The first-order valence-electron chi connectivity index (χ1n) is 8.48. The predicted molar refractivity (Wildman–Crippen MR) is 91.4 cm³/mol. The van der Waals surface area contributed by atoms with Gasteiger partial charge in [0.25, 0.3) is 0 Å². The highest BCUT2D eigenvalue weighted by atomic mass is 32.2. The second kappa shape index (κ2) is 12.7. The summed E-state index contributed by atoms with van der Waals surface area (Å²) in [6.07, 6.45) is 1.31. The summed E-state index contributed by atoms with van der Waals surface area (Å²) in [7, 11) is -4.15. The number of hydrogen-bond acceptors (Lipinski definition) is 5. The summed E-state index contributed by atoms with van der Waals surface area (Å²) in [5, 5.41) is 0. The molecule has 7 heteroatoms. The molecule has 0 saturated heterocycles. The highest BCUT2D eigenvalue weighted by Gasteiger charge is 2.26. The van der Waals surface area contributed by atoms with Gasteiger partial charge in [0.1, 0.15) is 0 Å². The average molecular weight is 354 g/mol. The molecule has 0 aliphatic carbocycles. The van der Waals surface area contributed by atoms with Crippen LogP contribution < -0.4 is 4.90 Å². The monoisotopic (exact) mass is 353 g/mol. The molecule has 23 heavy (non-hydrogen) atoms. The molecule has 0 aromatic heterocycles. The number of quaternary nitrogens is 1. The maximum absolute atomic E-state index is 11.5. The van der Waals surface area contributed by atoms with Crippen molar-refractivity contribution < 1.29 is 27.4 Å². The molecule has 0 saturated carbocycles. The van der Waals surface area contributed by atoms with Crippen molar-refractivity contribution in [2.24, 2.45) is 5.41 Å². The summed E-state index contributed by atoms with van der Waals surface area (Å²) in [6, 6.07) is 0. The topological polar surface area (TPSA) is 87.9 Å². The summed E-state index contributed by atoms with van der Waals surface area (Å²) in [5.74, 6) is -0.693. The standard InChI is InChI=1S/C10H20O5S.C6H15N/c1-4-10(2,3)9(11)15-7-5-6-8-16(12,13)14;1-4-7(5-2)6-3/h4-8H2,1-3H3,(H,12,13,14);4-6H2,1-3H3. The fourth-order valence-corrected chi connectivity index (χ4v) is 2.19. The number of unbranched alkanes of at least 4 members (excludes halogenated alkanes) is 1. The Hall–Kier alpha value is -0.660. The van der Waals surface area contributed by atoms with E-state index in [0.717, 1.165) is 0 Å². The van der Waals surface area contributed by atoms with E-state index in [1.807, 2.05) is 6.92 Å². The number of ether oxygens (including phenoxy) is 1. The summed E-state index contributed by atoms with van der Waals surface area (Å²) in [6.45, 7) is 16.1. The maximum Gasteiger partial charge on any atom is 0.311 e. The molecule has 0 unspecified atom stereocenters. The SMILES string of the molecule is CCC(C)(C)C(=O)OCCCCS(=O)(=O)[O-].CC[NH+](CC)CC. The molecule has 140 valence electrons. The number of rotatable bonds is 10. The van der Waals surface area contributed by atoms with E-state index < -0.39 is 21.3 Å². The summed E-state index contributed by atoms with van der Waals surface area (Å²) in [4.78, 5) is 13.1. The van der Waals surface area contributed by atoms with Gasteiger partial charge in [-0.3, -0.25) is 4.79 Å². The van der Waals surface area contributed by atoms with Crippen molar-refractivity contribution in [2.45, 2.75) is 60.8 Å². The first kappa shape index (κ1) is 24.6. The molecule has 0 aliphatic rings. The lowest BCUT2D eigenvalue weighted by Crippen LogP contribution is -3.11. The molecule has 1 N–H and O–H groups in total. The Labute approximate surface area is 142 Å². The van der Waals surface area contributed by atoms with Gasteiger partial charge in [-0.05, 0) is 53.9 Å². The smallest absolute Gasteiger partial charge is 0.311 e. The van der Waals surface area contributed by atoms with Gasteiger partial charge in [0.2, 0.25) is 0 Å². The van der Waals surface area contributed by atoms with E-state index in [9.17, 15) is 17.8 Å². The predicted octanol–water partition coefficient (Wildman–Crippen LogP) is 1.22. The second-order valence-corrected chi connectivity index (χ2v) is 7.68. The van der Waals surface area contributed by atoms with E-state index in [4.69, 9.17) is 4.74 Å². The Morgan fingerprint density at radius 2 is 1.52 bits per heavy atom. The van der Waals surface area contributed by atoms with E-state index in [-0.39, 0.29) is 19.0 Å². The van der Waals surface area contributed by atoms with Crippen molar-refractivity contribution >= 4 is 16.1 Å². The zero-order chi connectivity index (χ0) is 18.5. The molecule has 6 nitrogen and oxygen atoms in total. The van der Waals surface area contributed by atoms with Crippen molar-refractivity contribution in [1.82, 2.24) is 0 Å². The molecule has 0 amide bonds. The van der Waals surface area contributed by atoms with Gasteiger partial charge in [-0.1, -0.05) is 6.92 Å². The van der Waals surface area contributed by atoms with Crippen LogP contribution in [0.2, 0.25) is 0 Å². The lowest BCUT2D eigenvalue weighted by molar-refractivity contribution is -0.894. The first-order chi connectivity index (χ1) is 10.5. The zero-order valence-electron chi connectivity index (χ0n) is 15.6. The Morgan fingerprint density at radius 3 is 1.83 bits per heavy atom. The quantitative estimate of drug-likeness (QED) is 0.362. The van der Waals surface area contributed by atoms with Gasteiger partial charge in [-0.25, -0.2) is 8.42 Å². The van der Waals surface area contributed by atoms with Gasteiger partial charge in [-0.2, -0.15) is 0 Å². The summed E-state index contributed by atoms with van der Waals surface area (Å²) in [5.41, 5.74) is -0.509. The van der Waals surface area contributed by atoms with Crippen LogP contribution in [0.15, 0.2) is 0 Å². The highest BCUT2D eigenvalue weighted by molar-refractivity contribution is 7.85. The molecule has 0 rings (SSSR count). The van der Waals surface area contributed by atoms with Gasteiger partial charge in [0.05, 0.1) is 41.8 Å². The number of nitrogens with one attached hydrogen (secondary N) is 1. The molecule has 0 bridgehead atoms. The molecular weight excluding hydrogens is 318 g/mol. The number of carbonyl (C=O) groups is 1. The Bertz CT molecular complexity index is 397. The minimum absolute atomic E-state index is 0.164. The van der Waals surface area contributed by atoms with Crippen molar-refractivity contribution in [3.8, 4) is 0 Å². The largest absolute Gasteiger partial charge is 0.748 e. The van der Waals surface area contributed by atoms with Crippen LogP contribution in [0.25, 0.3) is 0 Å². The van der Waals surface area contributed by atoms with Crippen LogP contribution in [0, 0.1) is 5.41 Å². The van der Waals surface area contributed by atoms with Crippen molar-refractivity contribution in [3.05, 3.63) is 0 Å². The number of hydrogen-bond donors (Lipinski definition) is 1. The van der Waals surface area contributed by atoms with Crippen LogP contribution in [-0.4, -0.2) is 50.9 Å². The van der Waals surface area contributed by atoms with Crippen molar-refractivity contribution in [2.75, 3.05) is 32.0 Å². The van der Waals surface area contributed by atoms with Crippen LogP contribution in [0.1, 0.15) is 60.8 Å². The molecule has 0 heterocycles. The van der Waals surface area contributed by atoms with E-state index in [0.29, 0.717) is 12.8 Å². The minimum Gasteiger partial charge on any atom is -0.748 e. The molecule has 0 aliphatic heterocycles. The van der Waals surface area contributed by atoms with Gasteiger partial charge in [0.15, 0.2) is 0 Å². The van der Waals surface area contributed by atoms with Crippen molar-refractivity contribution in [3.63, 3.8) is 0 Å². The minimum atomic E-state index is -4.15. The zero-order valence-corrected chi connectivity index (χ0v) is 16.4. The van der Waals surface area contributed by atoms with Gasteiger partial charge in [-0.15, -0.1) is 0 Å². The molecular formula is C16H35NO5S. The van der Waals surface area contributed by atoms with Crippen LogP contribution in [0.3, 0.4) is 0 Å². The fraction of sp³-hybridized carbons (Fsp3) is 0.938. The van der Waals surface area contributed by atoms with E-state index in [1.165, 1.54) is 19.6 Å². The first-order valence-corrected chi connectivity index (χ1v) is 10.1. The van der Waals surface area contributed by atoms with Crippen LogP contribution >= 0.6 is 0 Å². The average Bonchev–Trinajstić information content (AvgIpc) is 2.48. The third-order valence-corrected chi connectivity index (χ3v) is 4.75. The summed E-state index contributed by atoms with van der Waals surface area (Å²) < 4.78 is 35.8. The Morgan fingerprint density at radius 1 is 1.04 bits per heavy atom. The maximum atomic E-state index is 11.5. The summed E-state index contributed by atoms with van der Waals surface area (Å²) >= 11 is 0. The normalized spacial score (nSPS) is 11.8. The molecule has 0 aromatic rings. The van der Waals surface area contributed by atoms with E-state index in [1.54, 1.807) is 18.7 Å². The second-order valence-electron chi connectivity index (χ2n) is 6.15. The molecule has 0 atom stereocenters. The highest BCUT2D eigenvalue weighted by Crippen LogP contribution is 2.21. The lowest BCUT2D eigenvalue weighted by Gasteiger charge is -2.20. The fourth-order valence-electron chi connectivity index (χ4n) is 1.64. The van der Waals surface area contributed by atoms with Crippen LogP contribution in [-0.2, 0) is 19.6 Å². The third-order valence-electron chi connectivity index (χ3n) is 3.96. The van der Waals surface area contributed by atoms with E-state index in [2.05, 4.69) is 20.8 Å². The van der Waals surface area contributed by atoms with Gasteiger partial charge >= 0.3 is 5.97 Å². The van der Waals surface area contributed by atoms with Gasteiger partial charge < -0.3 is 14.2 Å². The molecule has 0 fully saturated rings. The Kier molecular flexibility index (Phi) is 13.6.